The lowest BCUT2D eigenvalue weighted by atomic mass is 9.96. The Hall–Kier alpha value is -6.38. The monoisotopic (exact) mass is 638 g/mol. The maximum atomic E-state index is 2.45. The minimum Gasteiger partial charge on any atom is -0.309 e. The standard InChI is InChI=1S/C48H34N2/c1-3-14-33(15-4-1)35-18-11-19-36(30-35)38-21-13-23-40(32-38)50-44-27-10-8-25-42(44)48-46(50)29-28-45-47(48)41-24-7-9-26-43(41)49(45)39-22-12-20-37(31-39)34-16-5-2-6-17-34/h2-3,5-32H,1,4H2. The minimum absolute atomic E-state index is 1.10. The van der Waals surface area contributed by atoms with Crippen LogP contribution in [0.25, 0.3) is 82.8 Å². The minimum atomic E-state index is 1.10. The molecule has 2 heteroatoms. The van der Waals surface area contributed by atoms with Crippen molar-refractivity contribution in [3.05, 3.63) is 188 Å². The number of nitrogens with zero attached hydrogens (tertiary/aromatic N) is 2. The summed E-state index contributed by atoms with van der Waals surface area (Å²) in [5, 5.41) is 5.10. The van der Waals surface area contributed by atoms with E-state index in [1.54, 1.807) is 0 Å². The first kappa shape index (κ1) is 28.6. The average molecular weight is 639 g/mol. The molecule has 0 spiro atoms. The van der Waals surface area contributed by atoms with Gasteiger partial charge in [-0.2, -0.15) is 0 Å². The fourth-order valence-corrected chi connectivity index (χ4v) is 8.06. The number of hydrogen-bond acceptors (Lipinski definition) is 0. The van der Waals surface area contributed by atoms with E-state index in [1.165, 1.54) is 77.0 Å². The van der Waals surface area contributed by atoms with Crippen LogP contribution in [0.5, 0.6) is 0 Å². The van der Waals surface area contributed by atoms with Crippen molar-refractivity contribution in [3.8, 4) is 33.6 Å². The van der Waals surface area contributed by atoms with Gasteiger partial charge in [-0.05, 0) is 101 Å². The Bertz CT molecular complexity index is 2810. The van der Waals surface area contributed by atoms with Crippen molar-refractivity contribution in [1.82, 2.24) is 9.13 Å². The molecule has 0 saturated carbocycles. The van der Waals surface area contributed by atoms with Gasteiger partial charge >= 0.3 is 0 Å². The highest BCUT2D eigenvalue weighted by Gasteiger charge is 2.20. The number of allylic oxidation sites excluding steroid dienone is 4. The van der Waals surface area contributed by atoms with Gasteiger partial charge in [0.1, 0.15) is 0 Å². The van der Waals surface area contributed by atoms with Crippen molar-refractivity contribution in [1.29, 1.82) is 0 Å². The van der Waals surface area contributed by atoms with Gasteiger partial charge in [-0.25, -0.2) is 0 Å². The number of benzene rings is 7. The molecule has 0 fully saturated rings. The third-order valence-corrected chi connectivity index (χ3v) is 10.3. The highest BCUT2D eigenvalue weighted by Crippen LogP contribution is 2.43. The largest absolute Gasteiger partial charge is 0.309 e. The van der Waals surface area contributed by atoms with Gasteiger partial charge < -0.3 is 9.13 Å². The topological polar surface area (TPSA) is 9.86 Å². The summed E-state index contributed by atoms with van der Waals surface area (Å²) >= 11 is 0. The molecule has 0 unspecified atom stereocenters. The Morgan fingerprint density at radius 1 is 0.360 bits per heavy atom. The summed E-state index contributed by atoms with van der Waals surface area (Å²) in [4.78, 5) is 0. The molecule has 2 heterocycles. The summed E-state index contributed by atoms with van der Waals surface area (Å²) in [6.07, 6.45) is 9.12. The van der Waals surface area contributed by atoms with Crippen LogP contribution in [-0.2, 0) is 0 Å². The average Bonchev–Trinajstić information content (AvgIpc) is 3.72. The van der Waals surface area contributed by atoms with Gasteiger partial charge in [0.05, 0.1) is 22.1 Å². The molecule has 0 amide bonds. The van der Waals surface area contributed by atoms with Gasteiger partial charge in [-0.1, -0.05) is 127 Å². The molecule has 0 saturated heterocycles. The Balaban J connectivity index is 1.19. The molecule has 2 aromatic heterocycles. The van der Waals surface area contributed by atoms with Gasteiger partial charge in [0, 0.05) is 32.9 Å². The molecule has 9 aromatic rings. The number of aromatic nitrogens is 2. The van der Waals surface area contributed by atoms with E-state index in [2.05, 4.69) is 191 Å². The van der Waals surface area contributed by atoms with Gasteiger partial charge in [0.2, 0.25) is 0 Å². The molecular weight excluding hydrogens is 605 g/mol. The van der Waals surface area contributed by atoms with Crippen LogP contribution in [0, 0.1) is 0 Å². The van der Waals surface area contributed by atoms with Crippen LogP contribution in [0.4, 0.5) is 0 Å². The zero-order valence-electron chi connectivity index (χ0n) is 27.6. The zero-order chi connectivity index (χ0) is 33.0. The molecule has 1 aliphatic carbocycles. The highest BCUT2D eigenvalue weighted by atomic mass is 15.0. The lowest BCUT2D eigenvalue weighted by molar-refractivity contribution is 1.04. The Kier molecular flexibility index (Phi) is 6.67. The van der Waals surface area contributed by atoms with Crippen molar-refractivity contribution in [3.63, 3.8) is 0 Å². The van der Waals surface area contributed by atoms with E-state index in [1.807, 2.05) is 0 Å². The van der Waals surface area contributed by atoms with Crippen LogP contribution in [0.2, 0.25) is 0 Å². The van der Waals surface area contributed by atoms with E-state index in [-0.39, 0.29) is 0 Å². The van der Waals surface area contributed by atoms with Crippen LogP contribution in [0.1, 0.15) is 18.4 Å². The number of para-hydroxylation sites is 2. The normalized spacial score (nSPS) is 13.1. The van der Waals surface area contributed by atoms with E-state index < -0.39 is 0 Å². The Morgan fingerprint density at radius 2 is 0.860 bits per heavy atom. The lowest BCUT2D eigenvalue weighted by Gasteiger charge is -2.13. The fraction of sp³-hybridized carbons (Fsp3) is 0.0417. The number of rotatable bonds is 5. The third kappa shape index (κ3) is 4.57. The van der Waals surface area contributed by atoms with Crippen LogP contribution in [0.3, 0.4) is 0 Å². The number of hydrogen-bond donors (Lipinski definition) is 0. The van der Waals surface area contributed by atoms with Gasteiger partial charge in [-0.3, -0.25) is 0 Å². The van der Waals surface area contributed by atoms with E-state index in [0.717, 1.165) is 24.2 Å². The van der Waals surface area contributed by atoms with Crippen molar-refractivity contribution in [2.75, 3.05) is 0 Å². The highest BCUT2D eigenvalue weighted by molar-refractivity contribution is 6.28. The van der Waals surface area contributed by atoms with Gasteiger partial charge in [0.25, 0.3) is 0 Å². The van der Waals surface area contributed by atoms with Crippen molar-refractivity contribution < 1.29 is 0 Å². The molecular formula is C48H34N2. The van der Waals surface area contributed by atoms with Gasteiger partial charge in [-0.15, -0.1) is 0 Å². The van der Waals surface area contributed by atoms with Crippen LogP contribution >= 0.6 is 0 Å². The second-order valence-electron chi connectivity index (χ2n) is 13.2. The van der Waals surface area contributed by atoms with E-state index in [4.69, 9.17) is 0 Å². The van der Waals surface area contributed by atoms with Crippen molar-refractivity contribution >= 4 is 49.2 Å². The van der Waals surface area contributed by atoms with E-state index in [0.29, 0.717) is 0 Å². The predicted molar refractivity (Wildman–Crippen MR) is 212 cm³/mol. The molecule has 236 valence electrons. The molecule has 2 nitrogen and oxygen atoms in total. The Labute approximate surface area is 291 Å². The number of fused-ring (bicyclic) bond motifs is 7. The van der Waals surface area contributed by atoms with Crippen LogP contribution in [0.15, 0.2) is 182 Å². The zero-order valence-corrected chi connectivity index (χ0v) is 27.6. The van der Waals surface area contributed by atoms with Crippen molar-refractivity contribution in [2.24, 2.45) is 0 Å². The molecule has 7 aromatic carbocycles. The summed E-state index contributed by atoms with van der Waals surface area (Å²) < 4.78 is 4.89. The van der Waals surface area contributed by atoms with Gasteiger partial charge in [0.15, 0.2) is 0 Å². The SMILES string of the molecule is C1=CC(c2cccc(-c3cccc(-n4c5ccccc5c5c6c7ccccc7n(-c7cccc(-c8ccccc8)c7)c6ccc54)c3)c2)=CCC1. The maximum Gasteiger partial charge on any atom is 0.0548 e. The second kappa shape index (κ2) is 11.6. The summed E-state index contributed by atoms with van der Waals surface area (Å²) in [6, 6.07) is 59.9. The summed E-state index contributed by atoms with van der Waals surface area (Å²) in [7, 11) is 0. The summed E-state index contributed by atoms with van der Waals surface area (Å²) in [5.41, 5.74) is 14.6. The fourth-order valence-electron chi connectivity index (χ4n) is 8.06. The molecule has 10 rings (SSSR count). The molecule has 1 aliphatic rings. The molecule has 0 bridgehead atoms. The Morgan fingerprint density at radius 3 is 1.46 bits per heavy atom. The first-order valence-electron chi connectivity index (χ1n) is 17.5. The first-order valence-corrected chi connectivity index (χ1v) is 17.5. The maximum absolute atomic E-state index is 2.45. The van der Waals surface area contributed by atoms with E-state index >= 15 is 0 Å². The lowest BCUT2D eigenvalue weighted by Crippen LogP contribution is -1.95. The summed E-state index contributed by atoms with van der Waals surface area (Å²) in [6.45, 7) is 0. The smallest absolute Gasteiger partial charge is 0.0548 e. The predicted octanol–water partition coefficient (Wildman–Crippen LogP) is 12.9. The molecule has 0 radical (unpaired) electrons. The van der Waals surface area contributed by atoms with Crippen LogP contribution < -0.4 is 0 Å². The van der Waals surface area contributed by atoms with Crippen molar-refractivity contribution in [2.45, 2.75) is 12.8 Å². The third-order valence-electron chi connectivity index (χ3n) is 10.3. The molecule has 0 N–H and O–H groups in total. The molecule has 0 aliphatic heterocycles. The summed E-state index contributed by atoms with van der Waals surface area (Å²) in [5.74, 6) is 0. The molecule has 0 atom stereocenters. The second-order valence-corrected chi connectivity index (χ2v) is 13.2. The first-order chi connectivity index (χ1) is 24.8. The molecule has 50 heavy (non-hydrogen) atoms. The van der Waals surface area contributed by atoms with Crippen LogP contribution in [-0.4, -0.2) is 9.13 Å². The van der Waals surface area contributed by atoms with E-state index in [9.17, 15) is 0 Å². The quantitative estimate of drug-likeness (QED) is 0.178.